The number of carbonyl (C=O) groups excluding carboxylic acids is 2. The van der Waals surface area contributed by atoms with E-state index in [2.05, 4.69) is 5.32 Å². The number of fused-ring (bicyclic) bond motifs is 1. The Bertz CT molecular complexity index is 946. The zero-order valence-corrected chi connectivity index (χ0v) is 14.5. The minimum absolute atomic E-state index is 0.175. The quantitative estimate of drug-likeness (QED) is 0.647. The third kappa shape index (κ3) is 4.64. The molecule has 0 aliphatic carbocycles. The number of anilines is 1. The van der Waals surface area contributed by atoms with E-state index in [1.807, 2.05) is 6.07 Å². The van der Waals surface area contributed by atoms with Gasteiger partial charge in [-0.25, -0.2) is 4.79 Å². The first-order valence-electron chi connectivity index (χ1n) is 8.14. The molecule has 0 spiro atoms. The number of hydrogen-bond donors (Lipinski definition) is 1. The van der Waals surface area contributed by atoms with Gasteiger partial charge < -0.3 is 19.5 Å². The number of esters is 1. The molecule has 2 aromatic carbocycles. The summed E-state index contributed by atoms with van der Waals surface area (Å²) in [5.41, 5.74) is 1.61. The van der Waals surface area contributed by atoms with Crippen molar-refractivity contribution in [3.05, 3.63) is 59.7 Å². The summed E-state index contributed by atoms with van der Waals surface area (Å²) >= 11 is 0. The number of nitriles is 1. The highest BCUT2D eigenvalue weighted by atomic mass is 16.7. The van der Waals surface area contributed by atoms with Gasteiger partial charge >= 0.3 is 5.97 Å². The number of benzene rings is 2. The van der Waals surface area contributed by atoms with E-state index >= 15 is 0 Å². The van der Waals surface area contributed by atoms with E-state index in [0.29, 0.717) is 22.7 Å². The van der Waals surface area contributed by atoms with Crippen molar-refractivity contribution in [1.82, 2.24) is 0 Å². The van der Waals surface area contributed by atoms with Crippen LogP contribution in [0, 0.1) is 11.3 Å². The number of amides is 1. The van der Waals surface area contributed by atoms with Gasteiger partial charge in [-0.05, 0) is 48.9 Å². The maximum atomic E-state index is 12.1. The van der Waals surface area contributed by atoms with Crippen molar-refractivity contribution in [3.8, 4) is 17.6 Å². The predicted octanol–water partition coefficient (Wildman–Crippen LogP) is 2.87. The van der Waals surface area contributed by atoms with Crippen LogP contribution in [-0.4, -0.2) is 24.8 Å². The first-order chi connectivity index (χ1) is 13.0. The lowest BCUT2D eigenvalue weighted by molar-refractivity contribution is -0.148. The van der Waals surface area contributed by atoms with Crippen molar-refractivity contribution in [2.45, 2.75) is 13.0 Å². The molecule has 1 aliphatic heterocycles. The Morgan fingerprint density at radius 1 is 1.22 bits per heavy atom. The summed E-state index contributed by atoms with van der Waals surface area (Å²) < 4.78 is 15.6. The van der Waals surface area contributed by atoms with E-state index in [9.17, 15) is 9.59 Å². The van der Waals surface area contributed by atoms with Gasteiger partial charge in [0.2, 0.25) is 6.79 Å². The molecule has 0 unspecified atom stereocenters. The van der Waals surface area contributed by atoms with Gasteiger partial charge in [0.15, 0.2) is 17.6 Å². The van der Waals surface area contributed by atoms with E-state index in [1.54, 1.807) is 42.5 Å². The molecular weight excluding hydrogens is 348 g/mol. The zero-order chi connectivity index (χ0) is 19.2. The molecule has 0 radical (unpaired) electrons. The van der Waals surface area contributed by atoms with E-state index in [1.165, 1.54) is 19.1 Å². The molecule has 0 saturated carbocycles. The first-order valence-corrected chi connectivity index (χ1v) is 8.14. The summed E-state index contributed by atoms with van der Waals surface area (Å²) in [4.78, 5) is 24.1. The Labute approximate surface area is 155 Å². The molecule has 2 aromatic rings. The van der Waals surface area contributed by atoms with E-state index in [-0.39, 0.29) is 6.79 Å². The molecule has 1 aliphatic rings. The zero-order valence-electron chi connectivity index (χ0n) is 14.5. The van der Waals surface area contributed by atoms with Crippen molar-refractivity contribution >= 4 is 23.6 Å². The second kappa shape index (κ2) is 8.06. The third-order valence-corrected chi connectivity index (χ3v) is 3.73. The summed E-state index contributed by atoms with van der Waals surface area (Å²) in [6, 6.07) is 13.7. The fourth-order valence-electron chi connectivity index (χ4n) is 2.36. The Morgan fingerprint density at radius 2 is 2.04 bits per heavy atom. The van der Waals surface area contributed by atoms with Gasteiger partial charge in [0, 0.05) is 11.8 Å². The normalized spacial score (nSPS) is 13.0. The van der Waals surface area contributed by atoms with Crippen LogP contribution in [0.25, 0.3) is 6.08 Å². The molecule has 0 bridgehead atoms. The molecule has 27 heavy (non-hydrogen) atoms. The minimum Gasteiger partial charge on any atom is -0.454 e. The molecule has 1 N–H and O–H groups in total. The van der Waals surface area contributed by atoms with Crippen molar-refractivity contribution in [2.75, 3.05) is 12.1 Å². The Kier molecular flexibility index (Phi) is 5.38. The number of hydrogen-bond acceptors (Lipinski definition) is 6. The molecule has 1 atom stereocenters. The van der Waals surface area contributed by atoms with Gasteiger partial charge in [0.05, 0.1) is 11.6 Å². The summed E-state index contributed by atoms with van der Waals surface area (Å²) in [6.45, 7) is 1.64. The van der Waals surface area contributed by atoms with E-state index in [4.69, 9.17) is 19.5 Å². The largest absolute Gasteiger partial charge is 0.454 e. The topological polar surface area (TPSA) is 97.7 Å². The van der Waals surface area contributed by atoms with Crippen LogP contribution in [0.15, 0.2) is 48.5 Å². The molecule has 0 aromatic heterocycles. The van der Waals surface area contributed by atoms with Gasteiger partial charge in [0.25, 0.3) is 5.91 Å². The number of nitrogens with one attached hydrogen (secondary N) is 1. The molecule has 1 amide bonds. The smallest absolute Gasteiger partial charge is 0.331 e. The van der Waals surface area contributed by atoms with Crippen molar-refractivity contribution in [1.29, 1.82) is 5.26 Å². The fraction of sp³-hybridized carbons (Fsp3) is 0.150. The molecule has 7 heteroatoms. The Balaban J connectivity index is 1.55. The van der Waals surface area contributed by atoms with Crippen LogP contribution in [0.3, 0.4) is 0 Å². The lowest BCUT2D eigenvalue weighted by atomic mass is 10.2. The molecule has 136 valence electrons. The first kappa shape index (κ1) is 18.0. The Hall–Kier alpha value is -3.79. The minimum atomic E-state index is -0.996. The third-order valence-electron chi connectivity index (χ3n) is 3.73. The van der Waals surface area contributed by atoms with Crippen LogP contribution in [0.1, 0.15) is 18.1 Å². The van der Waals surface area contributed by atoms with Crippen LogP contribution in [0.4, 0.5) is 5.69 Å². The lowest BCUT2D eigenvalue weighted by Crippen LogP contribution is -2.29. The van der Waals surface area contributed by atoms with Crippen LogP contribution < -0.4 is 14.8 Å². The molecular formula is C20H16N2O5. The van der Waals surface area contributed by atoms with Crippen LogP contribution >= 0.6 is 0 Å². The average Bonchev–Trinajstić information content (AvgIpc) is 3.14. The number of carbonyl (C=O) groups is 2. The van der Waals surface area contributed by atoms with Crippen molar-refractivity contribution < 1.29 is 23.8 Å². The van der Waals surface area contributed by atoms with Gasteiger partial charge in [-0.1, -0.05) is 12.1 Å². The number of nitrogens with zero attached hydrogens (tertiary/aromatic N) is 1. The van der Waals surface area contributed by atoms with Crippen LogP contribution in [0.5, 0.6) is 11.5 Å². The highest BCUT2D eigenvalue weighted by Crippen LogP contribution is 2.32. The van der Waals surface area contributed by atoms with E-state index in [0.717, 1.165) is 5.56 Å². The molecule has 3 rings (SSSR count). The molecule has 1 heterocycles. The van der Waals surface area contributed by atoms with E-state index < -0.39 is 18.0 Å². The van der Waals surface area contributed by atoms with Gasteiger partial charge in [0.1, 0.15) is 0 Å². The van der Waals surface area contributed by atoms with Crippen LogP contribution in [-0.2, 0) is 14.3 Å². The van der Waals surface area contributed by atoms with Crippen molar-refractivity contribution in [2.24, 2.45) is 0 Å². The summed E-state index contributed by atoms with van der Waals surface area (Å²) in [5.74, 6) is 0.120. The second-order valence-corrected chi connectivity index (χ2v) is 5.71. The summed E-state index contributed by atoms with van der Waals surface area (Å²) in [7, 11) is 0. The lowest BCUT2D eigenvalue weighted by Gasteiger charge is -2.12. The number of ether oxygens (including phenoxy) is 3. The number of rotatable bonds is 5. The highest BCUT2D eigenvalue weighted by Gasteiger charge is 2.17. The average molecular weight is 364 g/mol. The van der Waals surface area contributed by atoms with Gasteiger partial charge in [-0.3, -0.25) is 4.79 Å². The summed E-state index contributed by atoms with van der Waals surface area (Å²) in [6.07, 6.45) is 1.80. The maximum absolute atomic E-state index is 12.1. The van der Waals surface area contributed by atoms with Gasteiger partial charge in [-0.2, -0.15) is 5.26 Å². The highest BCUT2D eigenvalue weighted by molar-refractivity contribution is 5.96. The monoisotopic (exact) mass is 364 g/mol. The molecule has 7 nitrogen and oxygen atoms in total. The van der Waals surface area contributed by atoms with Crippen LogP contribution in [0.2, 0.25) is 0 Å². The summed E-state index contributed by atoms with van der Waals surface area (Å²) in [5, 5.41) is 11.5. The predicted molar refractivity (Wildman–Crippen MR) is 96.9 cm³/mol. The second-order valence-electron chi connectivity index (χ2n) is 5.71. The van der Waals surface area contributed by atoms with Crippen molar-refractivity contribution in [3.63, 3.8) is 0 Å². The standard InChI is InChI=1S/C20H16N2O5/c1-13(20(24)22-16-4-2-3-15(9-16)11-21)27-19(23)8-6-14-5-7-17-18(10-14)26-12-25-17/h2-10,13H,12H2,1H3,(H,22,24)/b8-6+/t13-/m1/s1. The Morgan fingerprint density at radius 3 is 2.85 bits per heavy atom. The van der Waals surface area contributed by atoms with Gasteiger partial charge in [-0.15, -0.1) is 0 Å². The molecule has 0 fully saturated rings. The SMILES string of the molecule is C[C@@H](OC(=O)/C=C/c1ccc2c(c1)OCO2)C(=O)Nc1cccc(C#N)c1. The fourth-order valence-corrected chi connectivity index (χ4v) is 2.36. The maximum Gasteiger partial charge on any atom is 0.331 e. The molecule has 0 saturated heterocycles.